The zero-order valence-corrected chi connectivity index (χ0v) is 15.8. The summed E-state index contributed by atoms with van der Waals surface area (Å²) in [7, 11) is 0. The molecule has 4 fully saturated rings. The van der Waals surface area contributed by atoms with Gasteiger partial charge in [-0.2, -0.15) is 0 Å². The van der Waals surface area contributed by atoms with E-state index in [-0.39, 0.29) is 16.7 Å². The van der Waals surface area contributed by atoms with Crippen molar-refractivity contribution in [3.05, 3.63) is 65.2 Å². The first kappa shape index (κ1) is 17.5. The van der Waals surface area contributed by atoms with Crippen LogP contribution in [0.3, 0.4) is 0 Å². The van der Waals surface area contributed by atoms with E-state index in [1.54, 1.807) is 18.2 Å². The molecule has 0 atom stereocenters. The van der Waals surface area contributed by atoms with Gasteiger partial charge >= 0.3 is 11.9 Å². The lowest BCUT2D eigenvalue weighted by Crippen LogP contribution is -2.48. The molecule has 0 spiro atoms. The van der Waals surface area contributed by atoms with Gasteiger partial charge in [-0.1, -0.05) is 24.3 Å². The molecule has 144 valence electrons. The summed E-state index contributed by atoms with van der Waals surface area (Å²) in [6, 6.07) is 14.1. The van der Waals surface area contributed by atoms with Gasteiger partial charge in [0.15, 0.2) is 0 Å². The molecule has 4 nitrogen and oxygen atoms in total. The lowest BCUT2D eigenvalue weighted by Gasteiger charge is -2.57. The van der Waals surface area contributed by atoms with E-state index in [0.717, 1.165) is 17.8 Å². The van der Waals surface area contributed by atoms with Crippen molar-refractivity contribution in [1.29, 1.82) is 0 Å². The van der Waals surface area contributed by atoms with E-state index in [0.29, 0.717) is 5.56 Å². The topological polar surface area (TPSA) is 63.6 Å². The summed E-state index contributed by atoms with van der Waals surface area (Å²) >= 11 is 0. The number of carbonyl (C=O) groups excluding carboxylic acids is 1. The average molecular weight is 376 g/mol. The maximum absolute atomic E-state index is 12.8. The second-order valence-corrected chi connectivity index (χ2v) is 8.97. The van der Waals surface area contributed by atoms with Gasteiger partial charge in [0.25, 0.3) is 0 Å². The molecule has 4 aliphatic carbocycles. The van der Waals surface area contributed by atoms with Crippen LogP contribution in [0.15, 0.2) is 48.5 Å². The third kappa shape index (κ3) is 2.92. The Bertz CT molecular complexity index is 910. The van der Waals surface area contributed by atoms with Crippen LogP contribution in [0.2, 0.25) is 0 Å². The predicted octanol–water partition coefficient (Wildman–Crippen LogP) is 5.07. The van der Waals surface area contributed by atoms with Crippen LogP contribution in [-0.2, 0) is 5.41 Å². The quantitative estimate of drug-likeness (QED) is 0.598. The van der Waals surface area contributed by atoms with Crippen molar-refractivity contribution in [2.45, 2.75) is 43.9 Å². The highest BCUT2D eigenvalue weighted by Gasteiger charge is 2.51. The second-order valence-electron chi connectivity index (χ2n) is 8.97. The summed E-state index contributed by atoms with van der Waals surface area (Å²) in [4.78, 5) is 24.1. The molecule has 4 bridgehead atoms. The second kappa shape index (κ2) is 6.47. The Labute approximate surface area is 164 Å². The predicted molar refractivity (Wildman–Crippen MR) is 105 cm³/mol. The molecule has 0 saturated heterocycles. The van der Waals surface area contributed by atoms with Gasteiger partial charge in [-0.25, -0.2) is 9.59 Å². The van der Waals surface area contributed by atoms with Crippen molar-refractivity contribution in [3.63, 3.8) is 0 Å². The van der Waals surface area contributed by atoms with Crippen LogP contribution in [0.5, 0.6) is 5.75 Å². The number of carboxylic acid groups (broad SMARTS) is 1. The highest BCUT2D eigenvalue weighted by atomic mass is 16.5. The zero-order chi connectivity index (χ0) is 19.3. The van der Waals surface area contributed by atoms with Gasteiger partial charge in [0, 0.05) is 0 Å². The number of rotatable bonds is 4. The Kier molecular flexibility index (Phi) is 4.04. The number of hydrogen-bond acceptors (Lipinski definition) is 3. The van der Waals surface area contributed by atoms with Gasteiger partial charge in [0.05, 0.1) is 5.56 Å². The standard InChI is InChI=1S/C24H24O4/c25-22(26)20-6-1-2-7-21(20)28-23(27)18-4-3-5-19(11-18)24-12-15-8-16(13-24)10-17(9-15)14-24/h1-7,11,15-17H,8-10,12-14H2,(H,25,26). The number of carboxylic acids is 1. The van der Waals surface area contributed by atoms with E-state index in [2.05, 4.69) is 6.07 Å². The Hall–Kier alpha value is -2.62. The van der Waals surface area contributed by atoms with Crippen LogP contribution in [0.25, 0.3) is 0 Å². The fraction of sp³-hybridized carbons (Fsp3) is 0.417. The fourth-order valence-electron chi connectivity index (χ4n) is 6.33. The largest absolute Gasteiger partial charge is 0.478 e. The molecule has 28 heavy (non-hydrogen) atoms. The van der Waals surface area contributed by atoms with Crippen molar-refractivity contribution in [1.82, 2.24) is 0 Å². The number of aromatic carboxylic acids is 1. The van der Waals surface area contributed by atoms with Crippen LogP contribution in [0, 0.1) is 17.8 Å². The van der Waals surface area contributed by atoms with Gasteiger partial charge in [-0.05, 0) is 91.5 Å². The number of benzene rings is 2. The van der Waals surface area contributed by atoms with Gasteiger partial charge in [-0.3, -0.25) is 0 Å². The maximum Gasteiger partial charge on any atom is 0.343 e. The van der Waals surface area contributed by atoms with Crippen molar-refractivity contribution in [3.8, 4) is 5.75 Å². The normalized spacial score (nSPS) is 30.2. The smallest absolute Gasteiger partial charge is 0.343 e. The minimum absolute atomic E-state index is 0.00640. The Balaban J connectivity index is 1.42. The molecule has 0 radical (unpaired) electrons. The lowest BCUT2D eigenvalue weighted by molar-refractivity contribution is -0.00521. The van der Waals surface area contributed by atoms with Gasteiger partial charge in [-0.15, -0.1) is 0 Å². The molecule has 1 N–H and O–H groups in total. The highest BCUT2D eigenvalue weighted by Crippen LogP contribution is 2.60. The van der Waals surface area contributed by atoms with Crippen LogP contribution in [-0.4, -0.2) is 17.0 Å². The third-order valence-corrected chi connectivity index (χ3v) is 7.07. The first-order chi connectivity index (χ1) is 13.5. The molecule has 0 amide bonds. The summed E-state index contributed by atoms with van der Waals surface area (Å²) in [5.41, 5.74) is 1.96. The van der Waals surface area contributed by atoms with E-state index in [4.69, 9.17) is 4.74 Å². The van der Waals surface area contributed by atoms with Crippen LogP contribution in [0.4, 0.5) is 0 Å². The lowest BCUT2D eigenvalue weighted by atomic mass is 9.48. The Morgan fingerprint density at radius 1 is 0.893 bits per heavy atom. The van der Waals surface area contributed by atoms with Gasteiger partial charge in [0.2, 0.25) is 0 Å². The Morgan fingerprint density at radius 2 is 1.54 bits per heavy atom. The first-order valence-corrected chi connectivity index (χ1v) is 10.2. The minimum Gasteiger partial charge on any atom is -0.478 e. The molecule has 0 aliphatic heterocycles. The monoisotopic (exact) mass is 376 g/mol. The average Bonchev–Trinajstić information content (AvgIpc) is 2.67. The molecule has 4 aliphatic rings. The maximum atomic E-state index is 12.8. The molecule has 4 heteroatoms. The molecule has 0 aromatic heterocycles. The number of hydrogen-bond donors (Lipinski definition) is 1. The highest BCUT2D eigenvalue weighted by molar-refractivity contribution is 5.95. The van der Waals surface area contributed by atoms with Crippen molar-refractivity contribution in [2.24, 2.45) is 17.8 Å². The molecular weight excluding hydrogens is 352 g/mol. The van der Waals surface area contributed by atoms with Crippen molar-refractivity contribution >= 4 is 11.9 Å². The fourth-order valence-corrected chi connectivity index (χ4v) is 6.33. The summed E-state index contributed by atoms with van der Waals surface area (Å²) < 4.78 is 5.45. The summed E-state index contributed by atoms with van der Waals surface area (Å²) in [5, 5.41) is 9.30. The Morgan fingerprint density at radius 3 is 2.18 bits per heavy atom. The summed E-state index contributed by atoms with van der Waals surface area (Å²) in [6.07, 6.45) is 7.85. The van der Waals surface area contributed by atoms with Gasteiger partial charge < -0.3 is 9.84 Å². The molecule has 0 unspecified atom stereocenters. The van der Waals surface area contributed by atoms with Crippen LogP contribution < -0.4 is 4.74 Å². The zero-order valence-electron chi connectivity index (χ0n) is 15.8. The SMILES string of the molecule is O=C(Oc1ccccc1C(=O)O)c1cccc(C23CC4CC(CC(C4)C2)C3)c1. The van der Waals surface area contributed by atoms with E-state index in [9.17, 15) is 14.7 Å². The summed E-state index contributed by atoms with van der Waals surface area (Å²) in [5.74, 6) is 0.990. The number of para-hydroxylation sites is 1. The van der Waals surface area contributed by atoms with E-state index in [1.807, 2.05) is 12.1 Å². The molecule has 2 aromatic rings. The molecule has 0 heterocycles. The van der Waals surface area contributed by atoms with Gasteiger partial charge in [0.1, 0.15) is 11.3 Å². The molecule has 4 saturated carbocycles. The molecular formula is C24H24O4. The summed E-state index contributed by atoms with van der Waals surface area (Å²) in [6.45, 7) is 0. The van der Waals surface area contributed by atoms with Crippen molar-refractivity contribution < 1.29 is 19.4 Å². The molecule has 2 aromatic carbocycles. The minimum atomic E-state index is -1.11. The number of ether oxygens (including phenoxy) is 1. The molecule has 6 rings (SSSR count). The van der Waals surface area contributed by atoms with Crippen LogP contribution in [0.1, 0.15) is 64.8 Å². The third-order valence-electron chi connectivity index (χ3n) is 7.07. The van der Waals surface area contributed by atoms with Crippen LogP contribution >= 0.6 is 0 Å². The number of esters is 1. The van der Waals surface area contributed by atoms with E-state index in [1.165, 1.54) is 56.2 Å². The van der Waals surface area contributed by atoms with E-state index >= 15 is 0 Å². The first-order valence-electron chi connectivity index (χ1n) is 10.2. The number of carbonyl (C=O) groups is 2. The van der Waals surface area contributed by atoms with Crippen molar-refractivity contribution in [2.75, 3.05) is 0 Å². The van der Waals surface area contributed by atoms with E-state index < -0.39 is 11.9 Å².